The summed E-state index contributed by atoms with van der Waals surface area (Å²) in [7, 11) is 0. The third-order valence-corrected chi connectivity index (χ3v) is 7.96. The van der Waals surface area contributed by atoms with E-state index in [2.05, 4.69) is 35.3 Å². The number of thioether (sulfide) groups is 1. The summed E-state index contributed by atoms with van der Waals surface area (Å²) in [6.07, 6.45) is 1.94. The Morgan fingerprint density at radius 1 is 0.925 bits per heavy atom. The van der Waals surface area contributed by atoms with Gasteiger partial charge in [0.1, 0.15) is 0 Å². The molecule has 40 heavy (non-hydrogen) atoms. The van der Waals surface area contributed by atoms with Crippen LogP contribution in [0.25, 0.3) is 6.08 Å². The van der Waals surface area contributed by atoms with E-state index in [1.807, 2.05) is 97.9 Å². The average Bonchev–Trinajstić information content (AvgIpc) is 2.98. The van der Waals surface area contributed by atoms with Crippen molar-refractivity contribution in [1.82, 2.24) is 5.32 Å². The van der Waals surface area contributed by atoms with Crippen LogP contribution in [0.4, 0.5) is 11.4 Å². The van der Waals surface area contributed by atoms with Crippen LogP contribution in [0.2, 0.25) is 0 Å². The molecule has 0 saturated carbocycles. The molecule has 4 aromatic rings. The molecule has 1 heterocycles. The Labute approximate surface area is 240 Å². The van der Waals surface area contributed by atoms with Crippen LogP contribution in [0.1, 0.15) is 34.0 Å². The number of hydrogen-bond donors (Lipinski definition) is 1. The third-order valence-electron chi connectivity index (χ3n) is 6.88. The van der Waals surface area contributed by atoms with Gasteiger partial charge >= 0.3 is 0 Å². The van der Waals surface area contributed by atoms with Crippen LogP contribution >= 0.6 is 11.8 Å². The van der Waals surface area contributed by atoms with E-state index in [-0.39, 0.29) is 11.8 Å². The van der Waals surface area contributed by atoms with E-state index in [0.29, 0.717) is 30.1 Å². The molecule has 0 saturated heterocycles. The predicted octanol–water partition coefficient (Wildman–Crippen LogP) is 6.93. The topological polar surface area (TPSA) is 52.7 Å². The first kappa shape index (κ1) is 27.3. The average molecular weight is 548 g/mol. The van der Waals surface area contributed by atoms with Crippen molar-refractivity contribution in [2.75, 3.05) is 29.4 Å². The van der Waals surface area contributed by atoms with Crippen molar-refractivity contribution in [2.45, 2.75) is 25.3 Å². The Balaban J connectivity index is 1.38. The van der Waals surface area contributed by atoms with Crippen molar-refractivity contribution in [1.29, 1.82) is 0 Å². The maximum Gasteiger partial charge on any atom is 0.265 e. The van der Waals surface area contributed by atoms with Gasteiger partial charge in [0.15, 0.2) is 0 Å². The highest BCUT2D eigenvalue weighted by atomic mass is 32.2. The summed E-state index contributed by atoms with van der Waals surface area (Å²) in [5, 5.41) is 3.06. The smallest absolute Gasteiger partial charge is 0.265 e. The normalized spacial score (nSPS) is 13.7. The van der Waals surface area contributed by atoms with Crippen LogP contribution < -0.4 is 15.1 Å². The summed E-state index contributed by atoms with van der Waals surface area (Å²) in [4.78, 5) is 32.6. The van der Waals surface area contributed by atoms with Crippen LogP contribution in [0.5, 0.6) is 0 Å². The summed E-state index contributed by atoms with van der Waals surface area (Å²) in [6, 6.07) is 33.9. The highest BCUT2D eigenvalue weighted by Crippen LogP contribution is 2.43. The van der Waals surface area contributed by atoms with E-state index < -0.39 is 0 Å². The summed E-state index contributed by atoms with van der Waals surface area (Å²) in [5.74, 6) is -0.215. The molecule has 6 heteroatoms. The number of rotatable bonds is 9. The number of nitrogens with zero attached hydrogens (tertiary/aromatic N) is 2. The third kappa shape index (κ3) is 6.46. The number of amides is 2. The van der Waals surface area contributed by atoms with Gasteiger partial charge in [-0.05, 0) is 61.4 Å². The molecule has 1 N–H and O–H groups in total. The van der Waals surface area contributed by atoms with Crippen molar-refractivity contribution < 1.29 is 9.59 Å². The fourth-order valence-corrected chi connectivity index (χ4v) is 5.86. The summed E-state index contributed by atoms with van der Waals surface area (Å²) >= 11 is 1.45. The number of aryl methyl sites for hydroxylation is 1. The lowest BCUT2D eigenvalue weighted by molar-refractivity contribution is -0.114. The number of benzene rings is 4. The molecule has 0 fully saturated rings. The van der Waals surface area contributed by atoms with Gasteiger partial charge in [0.25, 0.3) is 11.8 Å². The van der Waals surface area contributed by atoms with Gasteiger partial charge in [-0.15, -0.1) is 0 Å². The van der Waals surface area contributed by atoms with Gasteiger partial charge in [0.2, 0.25) is 0 Å². The summed E-state index contributed by atoms with van der Waals surface area (Å²) in [6.45, 7) is 6.66. The molecule has 4 aromatic carbocycles. The van der Waals surface area contributed by atoms with Gasteiger partial charge in [-0.25, -0.2) is 0 Å². The van der Waals surface area contributed by atoms with Gasteiger partial charge in [-0.3, -0.25) is 9.59 Å². The van der Waals surface area contributed by atoms with Crippen LogP contribution in [-0.2, 0) is 11.3 Å². The van der Waals surface area contributed by atoms with Crippen molar-refractivity contribution in [3.63, 3.8) is 0 Å². The zero-order valence-corrected chi connectivity index (χ0v) is 23.7. The summed E-state index contributed by atoms with van der Waals surface area (Å²) < 4.78 is 0. The lowest BCUT2D eigenvalue weighted by Crippen LogP contribution is -2.36. The number of nitrogens with one attached hydrogen (secondary N) is 1. The maximum atomic E-state index is 13.8. The molecule has 0 unspecified atom stereocenters. The SMILES string of the molecule is CCN(CCNC(=O)c1ccc2c(c1)N(Cc1cccc(C)c1)C(=O)C(=Cc1ccccc1)S2)c1ccccc1. The molecule has 0 atom stereocenters. The number of carbonyl (C=O) groups excluding carboxylic acids is 2. The van der Waals surface area contributed by atoms with Crippen LogP contribution in [0.15, 0.2) is 113 Å². The highest BCUT2D eigenvalue weighted by Gasteiger charge is 2.30. The first-order valence-electron chi connectivity index (χ1n) is 13.6. The largest absolute Gasteiger partial charge is 0.370 e. The Morgan fingerprint density at radius 2 is 1.68 bits per heavy atom. The molecule has 202 valence electrons. The van der Waals surface area contributed by atoms with Crippen molar-refractivity contribution in [3.05, 3.63) is 130 Å². The fraction of sp³-hybridized carbons (Fsp3) is 0.176. The molecule has 0 bridgehead atoms. The molecule has 2 amide bonds. The highest BCUT2D eigenvalue weighted by molar-refractivity contribution is 8.04. The molecule has 0 aromatic heterocycles. The van der Waals surface area contributed by atoms with Crippen LogP contribution in [0, 0.1) is 6.92 Å². The Hall–Kier alpha value is -4.29. The van der Waals surface area contributed by atoms with E-state index >= 15 is 0 Å². The minimum Gasteiger partial charge on any atom is -0.370 e. The fourth-order valence-electron chi connectivity index (χ4n) is 4.82. The predicted molar refractivity (Wildman–Crippen MR) is 166 cm³/mol. The minimum atomic E-state index is -0.148. The monoisotopic (exact) mass is 547 g/mol. The van der Waals surface area contributed by atoms with Gasteiger partial charge in [-0.1, -0.05) is 90.1 Å². The molecule has 0 aliphatic carbocycles. The van der Waals surface area contributed by atoms with Crippen molar-refractivity contribution >= 4 is 41.0 Å². The van der Waals surface area contributed by atoms with E-state index in [4.69, 9.17) is 0 Å². The molecular formula is C34H33N3O2S. The standard InChI is InChI=1S/C34H33N3O2S/c1-3-36(29-15-8-5-9-16-29)20-19-35-33(38)28-17-18-31-30(23-28)37(24-27-14-10-11-25(2)21-27)34(39)32(40-31)22-26-12-6-4-7-13-26/h4-18,21-23H,3,19-20,24H2,1-2H3,(H,35,38). The van der Waals surface area contributed by atoms with E-state index in [0.717, 1.165) is 39.5 Å². The number of carbonyl (C=O) groups is 2. The lowest BCUT2D eigenvalue weighted by Gasteiger charge is -2.31. The number of anilines is 2. The number of para-hydroxylation sites is 1. The summed E-state index contributed by atoms with van der Waals surface area (Å²) in [5.41, 5.74) is 5.59. The molecule has 0 spiro atoms. The van der Waals surface area contributed by atoms with Gasteiger partial charge in [0.05, 0.1) is 17.1 Å². The van der Waals surface area contributed by atoms with Gasteiger partial charge in [0, 0.05) is 35.8 Å². The quantitative estimate of drug-likeness (QED) is 0.231. The molecule has 1 aliphatic rings. The zero-order valence-electron chi connectivity index (χ0n) is 22.8. The first-order chi connectivity index (χ1) is 19.5. The van der Waals surface area contributed by atoms with Crippen LogP contribution in [0.3, 0.4) is 0 Å². The van der Waals surface area contributed by atoms with Crippen LogP contribution in [-0.4, -0.2) is 31.4 Å². The molecule has 5 nitrogen and oxygen atoms in total. The Morgan fingerprint density at radius 3 is 2.40 bits per heavy atom. The van der Waals surface area contributed by atoms with E-state index in [1.165, 1.54) is 11.8 Å². The number of fused-ring (bicyclic) bond motifs is 1. The number of hydrogen-bond acceptors (Lipinski definition) is 4. The maximum absolute atomic E-state index is 13.8. The van der Waals surface area contributed by atoms with Crippen molar-refractivity contribution in [3.8, 4) is 0 Å². The molecule has 1 aliphatic heterocycles. The Bertz CT molecular complexity index is 1520. The molecular weight excluding hydrogens is 514 g/mol. The first-order valence-corrected chi connectivity index (χ1v) is 14.4. The second kappa shape index (κ2) is 12.7. The number of likely N-dealkylation sites (N-methyl/N-ethyl adjacent to an activating group) is 1. The Kier molecular flexibility index (Phi) is 8.67. The second-order valence-corrected chi connectivity index (χ2v) is 10.8. The molecule has 5 rings (SSSR count). The zero-order chi connectivity index (χ0) is 27.9. The van der Waals surface area contributed by atoms with E-state index in [9.17, 15) is 9.59 Å². The van der Waals surface area contributed by atoms with Crippen molar-refractivity contribution in [2.24, 2.45) is 0 Å². The molecule has 0 radical (unpaired) electrons. The minimum absolute atomic E-state index is 0.0677. The van der Waals surface area contributed by atoms with Gasteiger partial charge in [-0.2, -0.15) is 0 Å². The van der Waals surface area contributed by atoms with Gasteiger partial charge < -0.3 is 15.1 Å². The second-order valence-electron chi connectivity index (χ2n) is 9.76. The van der Waals surface area contributed by atoms with E-state index in [1.54, 1.807) is 4.90 Å². The lowest BCUT2D eigenvalue weighted by atomic mass is 10.1.